The van der Waals surface area contributed by atoms with E-state index in [-0.39, 0.29) is 16.7 Å². The predicted octanol–water partition coefficient (Wildman–Crippen LogP) is 3.93. The van der Waals surface area contributed by atoms with E-state index in [0.717, 1.165) is 25.9 Å². The molecule has 0 unspecified atom stereocenters. The second kappa shape index (κ2) is 7.58. The molecule has 1 rings (SSSR count). The first-order valence-electron chi connectivity index (χ1n) is 7.12. The monoisotopic (exact) mass is 285 g/mol. The van der Waals surface area contributed by atoms with Gasteiger partial charge in [-0.05, 0) is 31.2 Å². The van der Waals surface area contributed by atoms with E-state index in [2.05, 4.69) is 26.1 Å². The average molecular weight is 285 g/mol. The maximum absolute atomic E-state index is 13.8. The molecule has 20 heavy (non-hydrogen) atoms. The van der Waals surface area contributed by atoms with Crippen LogP contribution in [0.25, 0.3) is 0 Å². The molecule has 0 spiro atoms. The lowest BCUT2D eigenvalue weighted by Crippen LogP contribution is -2.30. The van der Waals surface area contributed by atoms with E-state index >= 15 is 0 Å². The van der Waals surface area contributed by atoms with Crippen molar-refractivity contribution >= 4 is 0 Å². The fraction of sp³-hybridized carbons (Fsp3) is 0.625. The van der Waals surface area contributed by atoms with Crippen molar-refractivity contribution in [3.63, 3.8) is 0 Å². The van der Waals surface area contributed by atoms with Gasteiger partial charge >= 0.3 is 0 Å². The smallest absolute Gasteiger partial charge is 0.133 e. The van der Waals surface area contributed by atoms with E-state index in [9.17, 15) is 8.78 Å². The van der Waals surface area contributed by atoms with Crippen molar-refractivity contribution in [1.82, 2.24) is 5.32 Å². The second-order valence-electron chi connectivity index (χ2n) is 5.91. The summed E-state index contributed by atoms with van der Waals surface area (Å²) >= 11 is 0. The summed E-state index contributed by atoms with van der Waals surface area (Å²) in [6.07, 6.45) is 2.20. The normalized spacial score (nSPS) is 11.7. The van der Waals surface area contributed by atoms with Gasteiger partial charge in [-0.1, -0.05) is 20.8 Å². The molecule has 0 fully saturated rings. The summed E-state index contributed by atoms with van der Waals surface area (Å²) in [4.78, 5) is 0. The lowest BCUT2D eigenvalue weighted by Gasteiger charge is -2.25. The number of hydrogen-bond acceptors (Lipinski definition) is 2. The van der Waals surface area contributed by atoms with Crippen molar-refractivity contribution < 1.29 is 13.5 Å². The topological polar surface area (TPSA) is 21.3 Å². The summed E-state index contributed by atoms with van der Waals surface area (Å²) in [5.74, 6) is -0.842. The van der Waals surface area contributed by atoms with Crippen LogP contribution in [0, 0.1) is 17.0 Å². The molecular formula is C16H25F2NO. The fourth-order valence-corrected chi connectivity index (χ4v) is 2.09. The summed E-state index contributed by atoms with van der Waals surface area (Å²) in [6.45, 7) is 8.14. The number of nitrogens with one attached hydrogen (secondary N) is 1. The molecule has 0 saturated heterocycles. The Bertz CT molecular complexity index is 409. The summed E-state index contributed by atoms with van der Waals surface area (Å²) < 4.78 is 32.5. The number of halogens is 2. The minimum atomic E-state index is -0.529. The molecule has 1 aromatic rings. The summed E-state index contributed by atoms with van der Waals surface area (Å²) in [5.41, 5.74) is 0.155. The van der Waals surface area contributed by atoms with Crippen LogP contribution in [0.2, 0.25) is 0 Å². The Kier molecular flexibility index (Phi) is 6.40. The predicted molar refractivity (Wildman–Crippen MR) is 78.2 cm³/mol. The van der Waals surface area contributed by atoms with Gasteiger partial charge in [-0.25, -0.2) is 8.78 Å². The minimum absolute atomic E-state index is 0.00791. The molecule has 0 heterocycles. The van der Waals surface area contributed by atoms with Gasteiger partial charge in [0.15, 0.2) is 0 Å². The molecule has 1 aromatic carbocycles. The molecule has 1 N–H and O–H groups in total. The lowest BCUT2D eigenvalue weighted by atomic mass is 9.86. The van der Waals surface area contributed by atoms with Crippen molar-refractivity contribution in [2.45, 2.75) is 40.0 Å². The zero-order chi connectivity index (χ0) is 15.2. The van der Waals surface area contributed by atoms with Gasteiger partial charge in [-0.15, -0.1) is 0 Å². The van der Waals surface area contributed by atoms with Crippen LogP contribution in [0.5, 0.6) is 5.75 Å². The Labute approximate surface area is 120 Å². The van der Waals surface area contributed by atoms with Gasteiger partial charge in [-0.3, -0.25) is 0 Å². The van der Waals surface area contributed by atoms with E-state index in [1.165, 1.54) is 19.2 Å². The molecule has 0 radical (unpaired) electrons. The van der Waals surface area contributed by atoms with E-state index < -0.39 is 11.6 Å². The molecule has 0 aliphatic heterocycles. The van der Waals surface area contributed by atoms with Crippen molar-refractivity contribution in [2.75, 3.05) is 20.2 Å². The van der Waals surface area contributed by atoms with Gasteiger partial charge in [0.2, 0.25) is 0 Å². The van der Waals surface area contributed by atoms with Crippen LogP contribution in [-0.2, 0) is 6.42 Å². The Morgan fingerprint density at radius 2 is 1.80 bits per heavy atom. The SMILES string of the molecule is CCCNCC(C)(C)CCc1c(F)cc(OC)cc1F. The second-order valence-corrected chi connectivity index (χ2v) is 5.91. The molecule has 0 atom stereocenters. The largest absolute Gasteiger partial charge is 0.497 e. The maximum Gasteiger partial charge on any atom is 0.133 e. The number of benzene rings is 1. The summed E-state index contributed by atoms with van der Waals surface area (Å²) in [5, 5.41) is 3.35. The third-order valence-corrected chi connectivity index (χ3v) is 3.43. The lowest BCUT2D eigenvalue weighted by molar-refractivity contribution is 0.311. The molecular weight excluding hydrogens is 260 g/mol. The molecule has 0 aliphatic rings. The number of ether oxygens (including phenoxy) is 1. The quantitative estimate of drug-likeness (QED) is 0.731. The molecule has 0 amide bonds. The molecule has 0 saturated carbocycles. The van der Waals surface area contributed by atoms with E-state index in [1.807, 2.05) is 0 Å². The standard InChI is InChI=1S/C16H25F2NO/c1-5-8-19-11-16(2,3)7-6-13-14(17)9-12(20-4)10-15(13)18/h9-10,19H,5-8,11H2,1-4H3. The highest BCUT2D eigenvalue weighted by atomic mass is 19.1. The Balaban J connectivity index is 2.65. The van der Waals surface area contributed by atoms with Crippen LogP contribution in [0.15, 0.2) is 12.1 Å². The van der Waals surface area contributed by atoms with Crippen molar-refractivity contribution in [2.24, 2.45) is 5.41 Å². The van der Waals surface area contributed by atoms with E-state index in [1.54, 1.807) is 0 Å². The highest BCUT2D eigenvalue weighted by molar-refractivity contribution is 5.30. The first-order chi connectivity index (χ1) is 9.39. The highest BCUT2D eigenvalue weighted by Crippen LogP contribution is 2.26. The Hall–Kier alpha value is -1.16. The highest BCUT2D eigenvalue weighted by Gasteiger charge is 2.20. The van der Waals surface area contributed by atoms with Gasteiger partial charge in [-0.2, -0.15) is 0 Å². The van der Waals surface area contributed by atoms with Crippen molar-refractivity contribution in [1.29, 1.82) is 0 Å². The van der Waals surface area contributed by atoms with Gasteiger partial charge in [0.05, 0.1) is 7.11 Å². The van der Waals surface area contributed by atoms with Gasteiger partial charge < -0.3 is 10.1 Å². The van der Waals surface area contributed by atoms with Crippen LogP contribution < -0.4 is 10.1 Å². The van der Waals surface area contributed by atoms with Crippen LogP contribution in [0.4, 0.5) is 8.78 Å². The number of methoxy groups -OCH3 is 1. The van der Waals surface area contributed by atoms with Gasteiger partial charge in [0, 0.05) is 24.2 Å². The van der Waals surface area contributed by atoms with Crippen molar-refractivity contribution in [3.8, 4) is 5.75 Å². The molecule has 114 valence electrons. The Morgan fingerprint density at radius 3 is 2.30 bits per heavy atom. The molecule has 0 bridgehead atoms. The molecule has 4 heteroatoms. The minimum Gasteiger partial charge on any atom is -0.497 e. The summed E-state index contributed by atoms with van der Waals surface area (Å²) in [6, 6.07) is 2.47. The van der Waals surface area contributed by atoms with Crippen LogP contribution in [-0.4, -0.2) is 20.2 Å². The Morgan fingerprint density at radius 1 is 1.20 bits per heavy atom. The van der Waals surface area contributed by atoms with Gasteiger partial charge in [0.25, 0.3) is 0 Å². The third kappa shape index (κ3) is 5.08. The number of rotatable bonds is 8. The maximum atomic E-state index is 13.8. The molecule has 0 aliphatic carbocycles. The van der Waals surface area contributed by atoms with Crippen LogP contribution in [0.3, 0.4) is 0 Å². The zero-order valence-electron chi connectivity index (χ0n) is 12.9. The third-order valence-electron chi connectivity index (χ3n) is 3.43. The molecule has 0 aromatic heterocycles. The van der Waals surface area contributed by atoms with E-state index in [4.69, 9.17) is 4.74 Å². The van der Waals surface area contributed by atoms with Crippen molar-refractivity contribution in [3.05, 3.63) is 29.3 Å². The fourth-order valence-electron chi connectivity index (χ4n) is 2.09. The van der Waals surface area contributed by atoms with Gasteiger partial charge in [0.1, 0.15) is 17.4 Å². The number of hydrogen-bond donors (Lipinski definition) is 1. The van der Waals surface area contributed by atoms with Crippen LogP contribution in [0.1, 0.15) is 39.2 Å². The average Bonchev–Trinajstić information content (AvgIpc) is 2.37. The zero-order valence-corrected chi connectivity index (χ0v) is 12.9. The first kappa shape index (κ1) is 16.9. The molecule has 2 nitrogen and oxygen atoms in total. The first-order valence-corrected chi connectivity index (χ1v) is 7.12. The van der Waals surface area contributed by atoms with Crippen LogP contribution >= 0.6 is 0 Å². The van der Waals surface area contributed by atoms with E-state index in [0.29, 0.717) is 6.42 Å². The summed E-state index contributed by atoms with van der Waals surface area (Å²) in [7, 11) is 1.40.